The molecule has 1 fully saturated rings. The standard InChI is InChI=1S/C16H18N6O7S/c17-13-10-14(20-7-19-13)22(21-15(10)28-8-4-2-1-3-5-8)16-12(24)11(23)9(29-16)6-27-30(18,25)26/h1-5,7,9,11-12,16,23-24H,6H2,(H2,17,19,20)(H2,18,25,26)/t9-,11-,12-,16-/m1/s1. The van der Waals surface area contributed by atoms with Crippen LogP contribution in [0.4, 0.5) is 5.82 Å². The van der Waals surface area contributed by atoms with Gasteiger partial charge in [-0.3, -0.25) is 4.18 Å². The zero-order valence-corrected chi connectivity index (χ0v) is 16.1. The number of hydrogen-bond acceptors (Lipinski definition) is 11. The fourth-order valence-electron chi connectivity index (χ4n) is 3.04. The van der Waals surface area contributed by atoms with Gasteiger partial charge in [0.2, 0.25) is 0 Å². The third-order valence-corrected chi connectivity index (χ3v) is 4.88. The molecule has 2 aromatic heterocycles. The highest BCUT2D eigenvalue weighted by molar-refractivity contribution is 7.84. The van der Waals surface area contributed by atoms with Crippen LogP contribution < -0.4 is 15.6 Å². The van der Waals surface area contributed by atoms with Gasteiger partial charge < -0.3 is 25.4 Å². The number of aromatic nitrogens is 4. The maximum Gasteiger partial charge on any atom is 0.333 e. The Morgan fingerprint density at radius 3 is 2.60 bits per heavy atom. The van der Waals surface area contributed by atoms with Crippen molar-refractivity contribution in [3.8, 4) is 11.6 Å². The minimum atomic E-state index is -4.26. The number of rotatable bonds is 6. The van der Waals surface area contributed by atoms with Crippen molar-refractivity contribution < 1.29 is 32.3 Å². The molecule has 1 aliphatic rings. The number of nitrogen functional groups attached to an aromatic ring is 1. The Morgan fingerprint density at radius 1 is 1.17 bits per heavy atom. The number of ether oxygens (including phenoxy) is 2. The maximum absolute atomic E-state index is 11.0. The van der Waals surface area contributed by atoms with Crippen LogP contribution in [0.5, 0.6) is 11.6 Å². The zero-order valence-electron chi connectivity index (χ0n) is 15.3. The molecular formula is C16H18N6O7S. The van der Waals surface area contributed by atoms with E-state index in [4.69, 9.17) is 20.3 Å². The molecule has 1 aromatic carbocycles. The summed E-state index contributed by atoms with van der Waals surface area (Å²) in [5.41, 5.74) is 6.15. The molecule has 0 amide bonds. The van der Waals surface area contributed by atoms with Gasteiger partial charge in [0.1, 0.15) is 41.6 Å². The van der Waals surface area contributed by atoms with E-state index in [1.54, 1.807) is 24.3 Å². The highest BCUT2D eigenvalue weighted by atomic mass is 32.2. The molecule has 0 radical (unpaired) electrons. The molecule has 3 heterocycles. The first-order chi connectivity index (χ1) is 14.2. The summed E-state index contributed by atoms with van der Waals surface area (Å²) in [4.78, 5) is 8.06. The molecule has 0 bridgehead atoms. The third kappa shape index (κ3) is 3.91. The molecule has 0 spiro atoms. The van der Waals surface area contributed by atoms with Gasteiger partial charge in [0, 0.05) is 0 Å². The van der Waals surface area contributed by atoms with Crippen LogP contribution in [0.15, 0.2) is 36.7 Å². The second-order valence-electron chi connectivity index (χ2n) is 6.45. The number of benzene rings is 1. The third-order valence-electron chi connectivity index (χ3n) is 4.42. The number of fused-ring (bicyclic) bond motifs is 1. The molecule has 1 aliphatic heterocycles. The van der Waals surface area contributed by atoms with Gasteiger partial charge in [-0.05, 0) is 12.1 Å². The Balaban J connectivity index is 1.69. The summed E-state index contributed by atoms with van der Waals surface area (Å²) in [5.74, 6) is 0.614. The van der Waals surface area contributed by atoms with Gasteiger partial charge in [-0.15, -0.1) is 5.10 Å². The van der Waals surface area contributed by atoms with E-state index >= 15 is 0 Å². The first-order valence-corrected chi connectivity index (χ1v) is 10.1. The molecule has 14 heteroatoms. The minimum absolute atomic E-state index is 0.0591. The first kappa shape index (κ1) is 20.4. The topological polar surface area (TPSA) is 198 Å². The smallest absolute Gasteiger partial charge is 0.333 e. The lowest BCUT2D eigenvalue weighted by molar-refractivity contribution is -0.0529. The lowest BCUT2D eigenvalue weighted by atomic mass is 10.1. The molecule has 13 nitrogen and oxygen atoms in total. The van der Waals surface area contributed by atoms with Crippen LogP contribution in [0, 0.1) is 0 Å². The summed E-state index contributed by atoms with van der Waals surface area (Å²) in [6.07, 6.45) is -4.20. The van der Waals surface area contributed by atoms with Gasteiger partial charge in [0.05, 0.1) is 6.61 Å². The fraction of sp³-hybridized carbons (Fsp3) is 0.312. The molecular weight excluding hydrogens is 420 g/mol. The van der Waals surface area contributed by atoms with E-state index in [1.165, 1.54) is 11.0 Å². The summed E-state index contributed by atoms with van der Waals surface area (Å²) in [7, 11) is -4.26. The summed E-state index contributed by atoms with van der Waals surface area (Å²) in [5, 5.41) is 30.0. The van der Waals surface area contributed by atoms with Crippen molar-refractivity contribution in [2.24, 2.45) is 5.14 Å². The SMILES string of the molecule is Nc1ncnc2c1c(Oc1ccccc1)nn2[C@@H]1O[C@H](COS(N)(=O)=O)[C@@H](O)[C@H]1O. The van der Waals surface area contributed by atoms with Crippen LogP contribution in [0.3, 0.4) is 0 Å². The van der Waals surface area contributed by atoms with Crippen molar-refractivity contribution in [3.63, 3.8) is 0 Å². The number of para-hydroxylation sites is 1. The van der Waals surface area contributed by atoms with Gasteiger partial charge in [-0.25, -0.2) is 19.8 Å². The van der Waals surface area contributed by atoms with Crippen molar-refractivity contribution in [1.29, 1.82) is 0 Å². The van der Waals surface area contributed by atoms with Crippen molar-refractivity contribution in [2.45, 2.75) is 24.5 Å². The van der Waals surface area contributed by atoms with Crippen LogP contribution in [0.1, 0.15) is 6.23 Å². The molecule has 0 saturated carbocycles. The predicted octanol–water partition coefficient (Wildman–Crippen LogP) is -0.960. The largest absolute Gasteiger partial charge is 0.437 e. The van der Waals surface area contributed by atoms with E-state index in [0.29, 0.717) is 5.75 Å². The molecule has 160 valence electrons. The van der Waals surface area contributed by atoms with Crippen LogP contribution in [0.2, 0.25) is 0 Å². The average Bonchev–Trinajstić information content (AvgIpc) is 3.19. The van der Waals surface area contributed by atoms with E-state index in [1.807, 2.05) is 6.07 Å². The van der Waals surface area contributed by atoms with Gasteiger partial charge in [-0.1, -0.05) is 18.2 Å². The number of nitrogens with zero attached hydrogens (tertiary/aromatic N) is 4. The Morgan fingerprint density at radius 2 is 1.90 bits per heavy atom. The quantitative estimate of drug-likeness (QED) is 0.369. The summed E-state index contributed by atoms with van der Waals surface area (Å²) >= 11 is 0. The Hall–Kier alpha value is -2.88. The van der Waals surface area contributed by atoms with E-state index in [-0.39, 0.29) is 22.7 Å². The molecule has 3 aromatic rings. The van der Waals surface area contributed by atoms with Crippen LogP contribution in [0.25, 0.3) is 11.0 Å². The summed E-state index contributed by atoms with van der Waals surface area (Å²) < 4.78 is 39.0. The van der Waals surface area contributed by atoms with Gasteiger partial charge >= 0.3 is 10.3 Å². The highest BCUT2D eigenvalue weighted by Gasteiger charge is 2.45. The second kappa shape index (κ2) is 7.75. The summed E-state index contributed by atoms with van der Waals surface area (Å²) in [6.45, 7) is -0.600. The van der Waals surface area contributed by atoms with E-state index in [0.717, 1.165) is 0 Å². The molecule has 4 atom stereocenters. The average molecular weight is 438 g/mol. The normalized spacial score (nSPS) is 24.4. The van der Waals surface area contributed by atoms with Crippen LogP contribution in [-0.2, 0) is 19.2 Å². The van der Waals surface area contributed by atoms with Gasteiger partial charge in [-0.2, -0.15) is 8.42 Å². The Kier molecular flexibility index (Phi) is 5.27. The molecule has 30 heavy (non-hydrogen) atoms. The van der Waals surface area contributed by atoms with E-state index in [9.17, 15) is 18.6 Å². The van der Waals surface area contributed by atoms with E-state index < -0.39 is 41.5 Å². The molecule has 0 aliphatic carbocycles. The predicted molar refractivity (Wildman–Crippen MR) is 101 cm³/mol. The Bertz CT molecular complexity index is 1160. The van der Waals surface area contributed by atoms with Crippen LogP contribution in [-0.4, -0.2) is 63.3 Å². The van der Waals surface area contributed by atoms with Gasteiger partial charge in [0.25, 0.3) is 5.88 Å². The lowest BCUT2D eigenvalue weighted by Gasteiger charge is -2.15. The van der Waals surface area contributed by atoms with Crippen molar-refractivity contribution in [2.75, 3.05) is 12.3 Å². The van der Waals surface area contributed by atoms with Crippen molar-refractivity contribution >= 4 is 27.2 Å². The lowest BCUT2D eigenvalue weighted by Crippen LogP contribution is -2.35. The first-order valence-electron chi connectivity index (χ1n) is 8.65. The fourth-order valence-corrected chi connectivity index (χ4v) is 3.37. The number of anilines is 1. The molecule has 4 rings (SSSR count). The zero-order chi connectivity index (χ0) is 21.5. The maximum atomic E-state index is 11.0. The van der Waals surface area contributed by atoms with Crippen LogP contribution >= 0.6 is 0 Å². The number of nitrogens with two attached hydrogens (primary N) is 2. The second-order valence-corrected chi connectivity index (χ2v) is 7.67. The van der Waals surface area contributed by atoms with Crippen molar-refractivity contribution in [1.82, 2.24) is 19.7 Å². The highest BCUT2D eigenvalue weighted by Crippen LogP contribution is 2.37. The van der Waals surface area contributed by atoms with Crippen molar-refractivity contribution in [3.05, 3.63) is 36.7 Å². The van der Waals surface area contributed by atoms with Gasteiger partial charge in [0.15, 0.2) is 11.9 Å². The number of aliphatic hydroxyl groups excluding tert-OH is 2. The molecule has 6 N–H and O–H groups in total. The monoisotopic (exact) mass is 438 g/mol. The minimum Gasteiger partial charge on any atom is -0.437 e. The number of hydrogen-bond donors (Lipinski definition) is 4. The molecule has 1 saturated heterocycles. The number of aliphatic hydroxyl groups is 2. The Labute approximate surface area is 170 Å². The molecule has 0 unspecified atom stereocenters. The summed E-state index contributed by atoms with van der Waals surface area (Å²) in [6, 6.07) is 8.76. The van der Waals surface area contributed by atoms with E-state index in [2.05, 4.69) is 19.2 Å².